The normalized spacial score (nSPS) is 18.2. The first kappa shape index (κ1) is 12.5. The number of benzene rings is 1. The highest BCUT2D eigenvalue weighted by molar-refractivity contribution is 6.30. The van der Waals surface area contributed by atoms with Crippen molar-refractivity contribution in [2.45, 2.75) is 26.3 Å². The van der Waals surface area contributed by atoms with Crippen LogP contribution in [0.1, 0.15) is 19.0 Å². The Balaban J connectivity index is 2.16. The number of para-hydroxylation sites is 1. The third-order valence-electron chi connectivity index (χ3n) is 3.74. The summed E-state index contributed by atoms with van der Waals surface area (Å²) in [5, 5.41) is 0.632. The van der Waals surface area contributed by atoms with Gasteiger partial charge in [0.15, 0.2) is 5.15 Å². The van der Waals surface area contributed by atoms with E-state index >= 15 is 0 Å². The molecule has 19 heavy (non-hydrogen) atoms. The number of ether oxygens (including phenoxy) is 1. The Hall–Kier alpha value is -1.48. The largest absolute Gasteiger partial charge is 0.496 e. The third kappa shape index (κ3) is 2.12. The molecule has 0 radical (unpaired) electrons. The zero-order chi connectivity index (χ0) is 13.4. The Bertz CT molecular complexity index is 606. The quantitative estimate of drug-likeness (QED) is 0.834. The molecule has 0 bridgehead atoms. The van der Waals surface area contributed by atoms with Gasteiger partial charge < -0.3 is 9.30 Å². The molecule has 1 aromatic heterocycles. The van der Waals surface area contributed by atoms with Crippen molar-refractivity contribution in [2.75, 3.05) is 7.11 Å². The summed E-state index contributed by atoms with van der Waals surface area (Å²) in [6.07, 6.45) is 2.18. The minimum atomic E-state index is 0.632. The first-order valence-electron chi connectivity index (χ1n) is 6.59. The van der Waals surface area contributed by atoms with E-state index in [1.165, 1.54) is 6.42 Å². The van der Waals surface area contributed by atoms with Crippen molar-refractivity contribution < 1.29 is 4.74 Å². The van der Waals surface area contributed by atoms with Gasteiger partial charge >= 0.3 is 0 Å². The van der Waals surface area contributed by atoms with Gasteiger partial charge in [-0.25, -0.2) is 4.98 Å². The van der Waals surface area contributed by atoms with Gasteiger partial charge in [-0.2, -0.15) is 0 Å². The lowest BCUT2D eigenvalue weighted by Gasteiger charge is -2.22. The summed E-state index contributed by atoms with van der Waals surface area (Å²) in [5.74, 6) is 2.42. The van der Waals surface area contributed by atoms with Crippen LogP contribution in [0.2, 0.25) is 5.15 Å². The van der Waals surface area contributed by atoms with Crippen molar-refractivity contribution in [3.8, 4) is 17.1 Å². The molecule has 100 valence electrons. The molecule has 1 atom stereocenters. The number of hydrogen-bond acceptors (Lipinski definition) is 2. The van der Waals surface area contributed by atoms with Gasteiger partial charge in [0.2, 0.25) is 0 Å². The fourth-order valence-corrected chi connectivity index (χ4v) is 2.99. The van der Waals surface area contributed by atoms with Gasteiger partial charge in [0.05, 0.1) is 18.4 Å². The molecule has 0 aliphatic carbocycles. The molecule has 0 spiro atoms. The second kappa shape index (κ2) is 4.89. The molecule has 3 rings (SSSR count). The number of aromatic nitrogens is 2. The molecule has 4 heteroatoms. The summed E-state index contributed by atoms with van der Waals surface area (Å²) in [5.41, 5.74) is 2.16. The van der Waals surface area contributed by atoms with E-state index in [-0.39, 0.29) is 0 Å². The number of hydrogen-bond donors (Lipinski definition) is 0. The fraction of sp³-hybridized carbons (Fsp3) is 0.400. The molecular weight excluding hydrogens is 260 g/mol. The zero-order valence-electron chi connectivity index (χ0n) is 11.2. The van der Waals surface area contributed by atoms with Crippen LogP contribution in [0, 0.1) is 5.92 Å². The lowest BCUT2D eigenvalue weighted by Crippen LogP contribution is -2.18. The molecule has 2 heterocycles. The lowest BCUT2D eigenvalue weighted by atomic mass is 10.00. The van der Waals surface area contributed by atoms with Crippen LogP contribution in [0.15, 0.2) is 24.3 Å². The molecule has 2 aromatic rings. The van der Waals surface area contributed by atoms with Crippen LogP contribution in [-0.4, -0.2) is 16.7 Å². The molecule has 1 aliphatic rings. The van der Waals surface area contributed by atoms with E-state index in [4.69, 9.17) is 16.3 Å². The minimum Gasteiger partial charge on any atom is -0.496 e. The first-order valence-corrected chi connectivity index (χ1v) is 6.96. The van der Waals surface area contributed by atoms with Gasteiger partial charge in [0.25, 0.3) is 0 Å². The van der Waals surface area contributed by atoms with Gasteiger partial charge in [-0.1, -0.05) is 30.7 Å². The maximum Gasteiger partial charge on any atom is 0.150 e. The van der Waals surface area contributed by atoms with E-state index in [2.05, 4.69) is 16.5 Å². The van der Waals surface area contributed by atoms with Gasteiger partial charge in [-0.05, 0) is 30.9 Å². The van der Waals surface area contributed by atoms with Crippen LogP contribution < -0.4 is 4.74 Å². The first-order chi connectivity index (χ1) is 9.20. The Labute approximate surface area is 118 Å². The second-order valence-electron chi connectivity index (χ2n) is 5.13. The Morgan fingerprint density at radius 1 is 1.37 bits per heavy atom. The molecule has 3 nitrogen and oxygen atoms in total. The van der Waals surface area contributed by atoms with Crippen molar-refractivity contribution in [2.24, 2.45) is 5.92 Å². The lowest BCUT2D eigenvalue weighted by molar-refractivity contribution is 0.399. The highest BCUT2D eigenvalue weighted by atomic mass is 35.5. The van der Waals surface area contributed by atoms with Crippen LogP contribution in [0.4, 0.5) is 0 Å². The minimum absolute atomic E-state index is 0.632. The zero-order valence-corrected chi connectivity index (χ0v) is 11.9. The summed E-state index contributed by atoms with van der Waals surface area (Å²) >= 11 is 6.28. The summed E-state index contributed by atoms with van der Waals surface area (Å²) in [6.45, 7) is 3.24. The van der Waals surface area contributed by atoms with Crippen molar-refractivity contribution in [1.82, 2.24) is 9.55 Å². The molecule has 1 aromatic carbocycles. The Morgan fingerprint density at radius 2 is 2.16 bits per heavy atom. The van der Waals surface area contributed by atoms with E-state index < -0.39 is 0 Å². The van der Waals surface area contributed by atoms with Crippen LogP contribution in [0.3, 0.4) is 0 Å². The van der Waals surface area contributed by atoms with Crippen LogP contribution in [0.25, 0.3) is 11.4 Å². The van der Waals surface area contributed by atoms with Gasteiger partial charge in [0.1, 0.15) is 11.6 Å². The van der Waals surface area contributed by atoms with Crippen molar-refractivity contribution in [3.63, 3.8) is 0 Å². The molecular formula is C15H17ClN2O. The van der Waals surface area contributed by atoms with Gasteiger partial charge in [-0.15, -0.1) is 0 Å². The van der Waals surface area contributed by atoms with Crippen LogP contribution >= 0.6 is 11.6 Å². The number of halogens is 1. The molecule has 0 N–H and O–H groups in total. The van der Waals surface area contributed by atoms with Gasteiger partial charge in [-0.3, -0.25) is 0 Å². The fourth-order valence-electron chi connectivity index (χ4n) is 2.71. The van der Waals surface area contributed by atoms with E-state index in [9.17, 15) is 0 Å². The molecule has 1 aliphatic heterocycles. The number of rotatable bonds is 2. The Morgan fingerprint density at radius 3 is 2.95 bits per heavy atom. The Kier molecular flexibility index (Phi) is 3.23. The summed E-state index contributed by atoms with van der Waals surface area (Å²) in [6, 6.07) is 7.95. The highest BCUT2D eigenvalue weighted by Crippen LogP contribution is 2.35. The topological polar surface area (TPSA) is 27.1 Å². The van der Waals surface area contributed by atoms with Crippen LogP contribution in [-0.2, 0) is 13.0 Å². The standard InChI is InChI=1S/C15H17ClN2O/c1-10-7-8-12-14(16)17-15(18(12)9-10)11-5-3-4-6-13(11)19-2/h3-6,10H,7-9H2,1-2H3. The average Bonchev–Trinajstić information content (AvgIpc) is 2.75. The summed E-state index contributed by atoms with van der Waals surface area (Å²) in [7, 11) is 1.68. The predicted molar refractivity (Wildman–Crippen MR) is 76.7 cm³/mol. The number of fused-ring (bicyclic) bond motifs is 1. The predicted octanol–water partition coefficient (Wildman–Crippen LogP) is 3.79. The highest BCUT2D eigenvalue weighted by Gasteiger charge is 2.24. The smallest absolute Gasteiger partial charge is 0.150 e. The van der Waals surface area contributed by atoms with Crippen molar-refractivity contribution >= 4 is 11.6 Å². The molecule has 1 unspecified atom stereocenters. The SMILES string of the molecule is COc1ccccc1-c1nc(Cl)c2n1CC(C)CC2. The monoisotopic (exact) mass is 276 g/mol. The number of methoxy groups -OCH3 is 1. The molecule has 0 amide bonds. The van der Waals surface area contributed by atoms with Crippen molar-refractivity contribution in [1.29, 1.82) is 0 Å². The van der Waals surface area contributed by atoms with Gasteiger partial charge in [0, 0.05) is 6.54 Å². The molecule has 0 saturated carbocycles. The van der Waals surface area contributed by atoms with E-state index in [0.29, 0.717) is 11.1 Å². The van der Waals surface area contributed by atoms with Crippen LogP contribution in [0.5, 0.6) is 5.75 Å². The van der Waals surface area contributed by atoms with E-state index in [1.807, 2.05) is 24.3 Å². The second-order valence-corrected chi connectivity index (χ2v) is 5.49. The molecule has 0 saturated heterocycles. The third-order valence-corrected chi connectivity index (χ3v) is 4.04. The maximum absolute atomic E-state index is 6.28. The van der Waals surface area contributed by atoms with Crippen molar-refractivity contribution in [3.05, 3.63) is 35.1 Å². The average molecular weight is 277 g/mol. The van der Waals surface area contributed by atoms with E-state index in [0.717, 1.165) is 35.8 Å². The summed E-state index contributed by atoms with van der Waals surface area (Å²) < 4.78 is 7.67. The number of imidazole rings is 1. The van der Waals surface area contributed by atoms with E-state index in [1.54, 1.807) is 7.11 Å². The molecule has 0 fully saturated rings. The summed E-state index contributed by atoms with van der Waals surface area (Å²) in [4.78, 5) is 4.55. The maximum atomic E-state index is 6.28. The number of nitrogens with zero attached hydrogens (tertiary/aromatic N) is 2.